The number of aryl methyl sites for hydroxylation is 3. The van der Waals surface area contributed by atoms with Crippen LogP contribution in [0.3, 0.4) is 0 Å². The average Bonchev–Trinajstić information content (AvgIpc) is 3.12. The SMILES string of the molecule is CC1=C(C)CN(c2cc(C)c(NC(=O)CCc3ccco3)c(C)c2)CC1. The van der Waals surface area contributed by atoms with Gasteiger partial charge in [0.25, 0.3) is 0 Å². The van der Waals surface area contributed by atoms with Crippen molar-refractivity contribution < 1.29 is 9.21 Å². The van der Waals surface area contributed by atoms with Crippen molar-refractivity contribution >= 4 is 17.3 Å². The van der Waals surface area contributed by atoms with Crippen molar-refractivity contribution in [2.24, 2.45) is 0 Å². The highest BCUT2D eigenvalue weighted by atomic mass is 16.3. The molecule has 0 bridgehead atoms. The van der Waals surface area contributed by atoms with Crippen LogP contribution < -0.4 is 10.2 Å². The Hall–Kier alpha value is -2.49. The lowest BCUT2D eigenvalue weighted by Crippen LogP contribution is -2.30. The third-order valence-corrected chi connectivity index (χ3v) is 5.24. The van der Waals surface area contributed by atoms with E-state index in [2.05, 4.69) is 50.0 Å². The summed E-state index contributed by atoms with van der Waals surface area (Å²) in [5, 5.41) is 3.08. The van der Waals surface area contributed by atoms with Gasteiger partial charge in [-0.3, -0.25) is 4.79 Å². The van der Waals surface area contributed by atoms with E-state index in [1.807, 2.05) is 12.1 Å². The van der Waals surface area contributed by atoms with E-state index in [0.29, 0.717) is 12.8 Å². The number of nitrogens with zero attached hydrogens (tertiary/aromatic N) is 1. The Bertz CT molecular complexity index is 796. The van der Waals surface area contributed by atoms with Crippen molar-refractivity contribution in [3.05, 3.63) is 58.6 Å². The van der Waals surface area contributed by atoms with Crippen LogP contribution in [0.4, 0.5) is 11.4 Å². The van der Waals surface area contributed by atoms with Gasteiger partial charge in [-0.05, 0) is 69.5 Å². The van der Waals surface area contributed by atoms with Gasteiger partial charge < -0.3 is 14.6 Å². The summed E-state index contributed by atoms with van der Waals surface area (Å²) in [6.45, 7) is 10.6. The average molecular weight is 352 g/mol. The molecule has 0 unspecified atom stereocenters. The normalized spacial score (nSPS) is 14.7. The fourth-order valence-electron chi connectivity index (χ4n) is 3.45. The molecule has 0 atom stereocenters. The minimum atomic E-state index is 0.0210. The Labute approximate surface area is 155 Å². The van der Waals surface area contributed by atoms with Crippen LogP contribution in [0.2, 0.25) is 0 Å². The third kappa shape index (κ3) is 4.18. The summed E-state index contributed by atoms with van der Waals surface area (Å²) in [6, 6.07) is 8.11. The van der Waals surface area contributed by atoms with Crippen LogP contribution >= 0.6 is 0 Å². The second-order valence-corrected chi connectivity index (χ2v) is 7.31. The molecular formula is C22H28N2O2. The number of hydrogen-bond acceptors (Lipinski definition) is 3. The molecule has 4 nitrogen and oxygen atoms in total. The molecular weight excluding hydrogens is 324 g/mol. The monoisotopic (exact) mass is 352 g/mol. The van der Waals surface area contributed by atoms with Gasteiger partial charge in [0, 0.05) is 37.3 Å². The van der Waals surface area contributed by atoms with Crippen molar-refractivity contribution in [1.82, 2.24) is 0 Å². The van der Waals surface area contributed by atoms with Gasteiger partial charge in [0.15, 0.2) is 0 Å². The highest BCUT2D eigenvalue weighted by Crippen LogP contribution is 2.30. The zero-order chi connectivity index (χ0) is 18.7. The lowest BCUT2D eigenvalue weighted by Gasteiger charge is -2.31. The molecule has 0 fully saturated rings. The highest BCUT2D eigenvalue weighted by Gasteiger charge is 2.17. The summed E-state index contributed by atoms with van der Waals surface area (Å²) in [5.41, 5.74) is 7.35. The molecule has 1 aliphatic rings. The summed E-state index contributed by atoms with van der Waals surface area (Å²) in [6.07, 6.45) is 3.80. The largest absolute Gasteiger partial charge is 0.469 e. The molecule has 0 radical (unpaired) electrons. The van der Waals surface area contributed by atoms with E-state index in [1.165, 1.54) is 16.8 Å². The molecule has 0 spiro atoms. The van der Waals surface area contributed by atoms with Crippen LogP contribution in [0.1, 0.15) is 43.6 Å². The number of anilines is 2. The fraction of sp³-hybridized carbons (Fsp3) is 0.409. The molecule has 1 aliphatic heterocycles. The minimum absolute atomic E-state index is 0.0210. The molecule has 1 aromatic carbocycles. The van der Waals surface area contributed by atoms with E-state index in [4.69, 9.17) is 4.42 Å². The third-order valence-electron chi connectivity index (χ3n) is 5.24. The van der Waals surface area contributed by atoms with Crippen LogP contribution in [-0.2, 0) is 11.2 Å². The molecule has 2 aromatic rings. The number of carbonyl (C=O) groups excluding carboxylic acids is 1. The van der Waals surface area contributed by atoms with Crippen LogP contribution in [0, 0.1) is 13.8 Å². The van der Waals surface area contributed by atoms with E-state index >= 15 is 0 Å². The van der Waals surface area contributed by atoms with Crippen molar-refractivity contribution in [3.63, 3.8) is 0 Å². The number of hydrogen-bond donors (Lipinski definition) is 1. The molecule has 26 heavy (non-hydrogen) atoms. The standard InChI is InChI=1S/C22H28N2O2/c1-15-9-10-24(14-18(15)4)19-12-16(2)22(17(3)13-19)23-21(25)8-7-20-6-5-11-26-20/h5-6,11-13H,7-10,14H2,1-4H3,(H,23,25). The molecule has 1 N–H and O–H groups in total. The summed E-state index contributed by atoms with van der Waals surface area (Å²) in [4.78, 5) is 14.7. The number of benzene rings is 1. The Morgan fingerprint density at radius 2 is 1.88 bits per heavy atom. The maximum absolute atomic E-state index is 12.3. The van der Waals surface area contributed by atoms with Gasteiger partial charge in [0.05, 0.1) is 6.26 Å². The van der Waals surface area contributed by atoms with Crippen LogP contribution in [0.25, 0.3) is 0 Å². The van der Waals surface area contributed by atoms with Gasteiger partial charge in [0.2, 0.25) is 5.91 Å². The Kier molecular flexibility index (Phi) is 5.50. The first-order valence-corrected chi connectivity index (χ1v) is 9.27. The molecule has 4 heteroatoms. The molecule has 3 rings (SSSR count). The Morgan fingerprint density at radius 3 is 2.50 bits per heavy atom. The van der Waals surface area contributed by atoms with Crippen LogP contribution in [0.5, 0.6) is 0 Å². The molecule has 0 saturated heterocycles. The van der Waals surface area contributed by atoms with E-state index in [0.717, 1.165) is 42.1 Å². The van der Waals surface area contributed by atoms with Crippen molar-refractivity contribution in [2.45, 2.75) is 47.0 Å². The fourth-order valence-corrected chi connectivity index (χ4v) is 3.45. The molecule has 0 aliphatic carbocycles. The number of amides is 1. The number of furan rings is 1. The minimum Gasteiger partial charge on any atom is -0.469 e. The molecule has 1 aromatic heterocycles. The van der Waals surface area contributed by atoms with E-state index in [9.17, 15) is 4.79 Å². The predicted molar refractivity (Wildman–Crippen MR) is 107 cm³/mol. The summed E-state index contributed by atoms with van der Waals surface area (Å²) in [5.74, 6) is 0.862. The van der Waals surface area contributed by atoms with Crippen molar-refractivity contribution in [3.8, 4) is 0 Å². The van der Waals surface area contributed by atoms with Crippen molar-refractivity contribution in [1.29, 1.82) is 0 Å². The van der Waals surface area contributed by atoms with Gasteiger partial charge >= 0.3 is 0 Å². The Morgan fingerprint density at radius 1 is 1.15 bits per heavy atom. The predicted octanol–water partition coefficient (Wildman–Crippen LogP) is 5.01. The summed E-state index contributed by atoms with van der Waals surface area (Å²) < 4.78 is 5.29. The quantitative estimate of drug-likeness (QED) is 0.769. The first-order valence-electron chi connectivity index (χ1n) is 9.27. The number of rotatable bonds is 5. The first-order chi connectivity index (χ1) is 12.4. The second-order valence-electron chi connectivity index (χ2n) is 7.31. The lowest BCUT2D eigenvalue weighted by molar-refractivity contribution is -0.116. The topological polar surface area (TPSA) is 45.5 Å². The highest BCUT2D eigenvalue weighted by molar-refractivity contribution is 5.92. The lowest BCUT2D eigenvalue weighted by atomic mass is 10.0. The molecule has 1 amide bonds. The van der Waals surface area contributed by atoms with Crippen molar-refractivity contribution in [2.75, 3.05) is 23.3 Å². The molecule has 0 saturated carbocycles. The second kappa shape index (κ2) is 7.81. The Balaban J connectivity index is 1.68. The van der Waals surface area contributed by atoms with E-state index < -0.39 is 0 Å². The van der Waals surface area contributed by atoms with Crippen LogP contribution in [0.15, 0.2) is 46.1 Å². The zero-order valence-corrected chi connectivity index (χ0v) is 16.2. The maximum Gasteiger partial charge on any atom is 0.224 e. The van der Waals surface area contributed by atoms with Crippen LogP contribution in [-0.4, -0.2) is 19.0 Å². The van der Waals surface area contributed by atoms with Gasteiger partial charge in [0.1, 0.15) is 5.76 Å². The number of nitrogens with one attached hydrogen (secondary N) is 1. The smallest absolute Gasteiger partial charge is 0.224 e. The van der Waals surface area contributed by atoms with Gasteiger partial charge in [-0.2, -0.15) is 0 Å². The number of carbonyl (C=O) groups is 1. The van der Waals surface area contributed by atoms with Gasteiger partial charge in [-0.25, -0.2) is 0 Å². The molecule has 2 heterocycles. The summed E-state index contributed by atoms with van der Waals surface area (Å²) >= 11 is 0. The zero-order valence-electron chi connectivity index (χ0n) is 16.2. The van der Waals surface area contributed by atoms with E-state index in [-0.39, 0.29) is 5.91 Å². The first kappa shape index (κ1) is 18.3. The maximum atomic E-state index is 12.3. The van der Waals surface area contributed by atoms with Gasteiger partial charge in [-0.15, -0.1) is 0 Å². The summed E-state index contributed by atoms with van der Waals surface area (Å²) in [7, 11) is 0. The van der Waals surface area contributed by atoms with E-state index in [1.54, 1.807) is 6.26 Å². The van der Waals surface area contributed by atoms with Gasteiger partial charge in [-0.1, -0.05) is 11.1 Å². The molecule has 138 valence electrons.